The molecule has 0 saturated heterocycles. The van der Waals surface area contributed by atoms with E-state index in [1.165, 1.54) is 5.56 Å². The van der Waals surface area contributed by atoms with Crippen LogP contribution in [-0.2, 0) is 3.02 Å². The van der Waals surface area contributed by atoms with Gasteiger partial charge in [0.1, 0.15) is 0 Å². The van der Waals surface area contributed by atoms with Gasteiger partial charge < -0.3 is 0 Å². The molecule has 1 aromatic rings. The fourth-order valence-corrected chi connectivity index (χ4v) is 3.63. The maximum absolute atomic E-state index is 11.8. The Labute approximate surface area is 78.2 Å². The van der Waals surface area contributed by atoms with Crippen molar-refractivity contribution in [3.8, 4) is 0 Å². The van der Waals surface area contributed by atoms with E-state index >= 15 is 0 Å². The molecule has 0 spiro atoms. The molecule has 0 fully saturated rings. The first-order valence-corrected chi connectivity index (χ1v) is 11.7. The van der Waals surface area contributed by atoms with Gasteiger partial charge in [-0.05, 0) is 0 Å². The van der Waals surface area contributed by atoms with Crippen LogP contribution < -0.4 is 0 Å². The van der Waals surface area contributed by atoms with Crippen LogP contribution in [0.1, 0.15) is 16.4 Å². The van der Waals surface area contributed by atoms with Gasteiger partial charge >= 0.3 is 78.2 Å². The maximum atomic E-state index is 11.8. The van der Waals surface area contributed by atoms with E-state index in [2.05, 4.69) is 19.1 Å². The van der Waals surface area contributed by atoms with Crippen molar-refractivity contribution in [3.05, 3.63) is 35.9 Å². The molecule has 0 aliphatic carbocycles. The summed E-state index contributed by atoms with van der Waals surface area (Å²) in [5.74, 6) is 0. The third-order valence-corrected chi connectivity index (χ3v) is 8.39. The summed E-state index contributed by atoms with van der Waals surface area (Å²) < 4.78 is 12.1. The van der Waals surface area contributed by atoms with Crippen LogP contribution in [0.5, 0.6) is 0 Å². The van der Waals surface area contributed by atoms with E-state index in [4.69, 9.17) is 0 Å². The topological polar surface area (TPSA) is 17.1 Å². The predicted molar refractivity (Wildman–Crippen MR) is 53.0 cm³/mol. The van der Waals surface area contributed by atoms with Crippen LogP contribution in [0.4, 0.5) is 0 Å². The van der Waals surface area contributed by atoms with Crippen molar-refractivity contribution in [3.63, 3.8) is 0 Å². The predicted octanol–water partition coefficient (Wildman–Crippen LogP) is 2.96. The van der Waals surface area contributed by atoms with Crippen LogP contribution in [0.25, 0.3) is 0 Å². The molecular weight excluding hydrogens is 258 g/mol. The van der Waals surface area contributed by atoms with E-state index in [9.17, 15) is 3.02 Å². The van der Waals surface area contributed by atoms with E-state index in [0.29, 0.717) is 0 Å². The van der Waals surface area contributed by atoms with Gasteiger partial charge in [0, 0.05) is 0 Å². The molecule has 0 radical (unpaired) electrons. The van der Waals surface area contributed by atoms with Crippen molar-refractivity contribution in [2.45, 2.75) is 20.5 Å². The summed E-state index contributed by atoms with van der Waals surface area (Å²) >= 11 is -2.85. The zero-order valence-electron chi connectivity index (χ0n) is 7.82. The zero-order valence-corrected chi connectivity index (χ0v) is 10.4. The minimum atomic E-state index is -2.85. The molecule has 12 heavy (non-hydrogen) atoms. The van der Waals surface area contributed by atoms with Gasteiger partial charge in [-0.2, -0.15) is 0 Å². The third-order valence-electron chi connectivity index (χ3n) is 2.21. The van der Waals surface area contributed by atoms with E-state index in [1.807, 2.05) is 27.9 Å². The van der Waals surface area contributed by atoms with Gasteiger partial charge in [-0.3, -0.25) is 0 Å². The summed E-state index contributed by atoms with van der Waals surface area (Å²) in [6, 6.07) is 10.1. The summed E-state index contributed by atoms with van der Waals surface area (Å²) in [5, 5.41) is 0. The summed E-state index contributed by atoms with van der Waals surface area (Å²) in [5.41, 5.74) is 1.21. The van der Waals surface area contributed by atoms with Crippen molar-refractivity contribution in [2.24, 2.45) is 0 Å². The van der Waals surface area contributed by atoms with Gasteiger partial charge in [0.2, 0.25) is 0 Å². The molecule has 0 aromatic heterocycles. The SMILES string of the molecule is C[CH](c1ccccc1)[Sb]([CH3])([CH3])=[O]. The average Bonchev–Trinajstić information content (AvgIpc) is 2.03. The van der Waals surface area contributed by atoms with Crippen molar-refractivity contribution >= 4 is 18.8 Å². The van der Waals surface area contributed by atoms with Crippen molar-refractivity contribution < 1.29 is 3.02 Å². The monoisotopic (exact) mass is 272 g/mol. The number of rotatable bonds is 2. The van der Waals surface area contributed by atoms with Crippen molar-refractivity contribution in [1.29, 1.82) is 0 Å². The van der Waals surface area contributed by atoms with Gasteiger partial charge in [0.05, 0.1) is 0 Å². The van der Waals surface area contributed by atoms with Gasteiger partial charge in [-0.25, -0.2) is 0 Å². The Hall–Kier alpha value is -0.162. The molecule has 66 valence electrons. The van der Waals surface area contributed by atoms with E-state index in [1.54, 1.807) is 0 Å². The zero-order chi connectivity index (χ0) is 9.19. The number of hydrogen-bond acceptors (Lipinski definition) is 1. The van der Waals surface area contributed by atoms with Gasteiger partial charge in [0.15, 0.2) is 0 Å². The number of benzene rings is 1. The van der Waals surface area contributed by atoms with E-state index < -0.39 is 18.8 Å². The molecule has 0 aliphatic heterocycles. The molecule has 1 nitrogen and oxygen atoms in total. The third kappa shape index (κ3) is 2.42. The molecule has 0 bridgehead atoms. The van der Waals surface area contributed by atoms with Gasteiger partial charge in [-0.1, -0.05) is 0 Å². The van der Waals surface area contributed by atoms with Crippen molar-refractivity contribution in [1.82, 2.24) is 0 Å². The summed E-state index contributed by atoms with van der Waals surface area (Å²) in [6.07, 6.45) is 0. The molecule has 1 unspecified atom stereocenters. The Morgan fingerprint density at radius 2 is 1.67 bits per heavy atom. The molecule has 2 heteroatoms. The fraction of sp³-hybridized carbons (Fsp3) is 0.400. The summed E-state index contributed by atoms with van der Waals surface area (Å²) in [4.78, 5) is 3.85. The van der Waals surface area contributed by atoms with E-state index in [-0.39, 0.29) is 3.86 Å². The fourth-order valence-electron chi connectivity index (χ4n) is 1.09. The van der Waals surface area contributed by atoms with Crippen LogP contribution in [0.2, 0.25) is 9.74 Å². The molecule has 0 N–H and O–H groups in total. The average molecular weight is 273 g/mol. The minimum absolute atomic E-state index is 0.268. The first kappa shape index (κ1) is 9.92. The molecule has 1 atom stereocenters. The van der Waals surface area contributed by atoms with Crippen LogP contribution in [-0.4, -0.2) is 18.8 Å². The summed E-state index contributed by atoms with van der Waals surface area (Å²) in [6.45, 7) is 2.06. The summed E-state index contributed by atoms with van der Waals surface area (Å²) in [7, 11) is 0. The van der Waals surface area contributed by atoms with E-state index in [0.717, 1.165) is 0 Å². The van der Waals surface area contributed by atoms with Crippen LogP contribution in [0.15, 0.2) is 30.3 Å². The van der Waals surface area contributed by atoms with Gasteiger partial charge in [-0.15, -0.1) is 0 Å². The second-order valence-electron chi connectivity index (χ2n) is 3.52. The molecule has 0 saturated carbocycles. The standard InChI is InChI=1S/C8H9.2CH3.O.Sb/c1-2-8-6-4-3-5-7-8;;;;/h2-7H,1H3;2*1H3;;. The molecule has 0 amide bonds. The van der Waals surface area contributed by atoms with Crippen LogP contribution in [0, 0.1) is 0 Å². The first-order valence-electron chi connectivity index (χ1n) is 4.11. The molecular formula is C10H15OSb. The van der Waals surface area contributed by atoms with Gasteiger partial charge in [0.25, 0.3) is 0 Å². The van der Waals surface area contributed by atoms with Crippen molar-refractivity contribution in [2.75, 3.05) is 0 Å². The Morgan fingerprint density at radius 3 is 2.08 bits per heavy atom. The Balaban J connectivity index is 2.94. The number of hydrogen-bond donors (Lipinski definition) is 0. The Bertz CT molecular complexity index is 286. The Kier molecular flexibility index (Phi) is 3.06. The normalized spacial score (nSPS) is 14.2. The second-order valence-corrected chi connectivity index (χ2v) is 13.9. The first-order chi connectivity index (χ1) is 5.52. The second kappa shape index (κ2) is 3.70. The molecule has 0 aliphatic rings. The molecule has 1 rings (SSSR count). The van der Waals surface area contributed by atoms with Crippen LogP contribution >= 0.6 is 0 Å². The molecule has 0 heterocycles. The molecule has 1 aromatic carbocycles. The Morgan fingerprint density at radius 1 is 1.17 bits per heavy atom. The van der Waals surface area contributed by atoms with Crippen LogP contribution in [0.3, 0.4) is 0 Å². The quantitative estimate of drug-likeness (QED) is 0.757.